The van der Waals surface area contributed by atoms with Crippen molar-refractivity contribution in [2.45, 2.75) is 6.04 Å². The molecule has 21 heavy (non-hydrogen) atoms. The van der Waals surface area contributed by atoms with Crippen LogP contribution in [-0.4, -0.2) is 33.6 Å². The molecule has 2 N–H and O–H groups in total. The Morgan fingerprint density at radius 3 is 2.90 bits per heavy atom. The van der Waals surface area contributed by atoms with E-state index in [0.717, 1.165) is 11.3 Å². The van der Waals surface area contributed by atoms with Gasteiger partial charge in [0.05, 0.1) is 30.1 Å². The van der Waals surface area contributed by atoms with Gasteiger partial charge < -0.3 is 15.0 Å². The lowest BCUT2D eigenvalue weighted by Crippen LogP contribution is -2.17. The second kappa shape index (κ2) is 5.86. The summed E-state index contributed by atoms with van der Waals surface area (Å²) in [5.41, 5.74) is 7.56. The van der Waals surface area contributed by atoms with Crippen molar-refractivity contribution in [2.75, 3.05) is 13.7 Å². The molecule has 2 heterocycles. The SMILES string of the molecule is COCC(N)c1noc(-c2cnn(-c3ccccc3)c2)n1. The molecule has 1 aromatic carbocycles. The first-order chi connectivity index (χ1) is 10.3. The van der Waals surface area contributed by atoms with Gasteiger partial charge in [0.25, 0.3) is 5.89 Å². The zero-order chi connectivity index (χ0) is 14.7. The number of benzene rings is 1. The fourth-order valence-corrected chi connectivity index (χ4v) is 1.91. The predicted octanol–water partition coefficient (Wildman–Crippen LogP) is 1.57. The second-order valence-electron chi connectivity index (χ2n) is 4.53. The van der Waals surface area contributed by atoms with E-state index in [9.17, 15) is 0 Å². The van der Waals surface area contributed by atoms with Crippen molar-refractivity contribution < 1.29 is 9.26 Å². The van der Waals surface area contributed by atoms with Gasteiger partial charge >= 0.3 is 0 Å². The molecule has 2 aromatic heterocycles. The van der Waals surface area contributed by atoms with Crippen molar-refractivity contribution in [1.82, 2.24) is 19.9 Å². The Hall–Kier alpha value is -2.51. The molecular formula is C14H15N5O2. The van der Waals surface area contributed by atoms with Crippen LogP contribution < -0.4 is 5.73 Å². The fraction of sp³-hybridized carbons (Fsp3) is 0.214. The van der Waals surface area contributed by atoms with Gasteiger partial charge in [-0.05, 0) is 12.1 Å². The number of rotatable bonds is 5. The highest BCUT2D eigenvalue weighted by atomic mass is 16.5. The molecule has 0 aliphatic carbocycles. The maximum absolute atomic E-state index is 5.86. The van der Waals surface area contributed by atoms with Gasteiger partial charge in [-0.2, -0.15) is 10.1 Å². The number of ether oxygens (including phenoxy) is 1. The largest absolute Gasteiger partial charge is 0.383 e. The van der Waals surface area contributed by atoms with Crippen LogP contribution >= 0.6 is 0 Å². The van der Waals surface area contributed by atoms with Gasteiger partial charge in [0.2, 0.25) is 0 Å². The monoisotopic (exact) mass is 285 g/mol. The quantitative estimate of drug-likeness (QED) is 0.765. The van der Waals surface area contributed by atoms with E-state index in [2.05, 4.69) is 15.2 Å². The van der Waals surface area contributed by atoms with Crippen LogP contribution in [0.1, 0.15) is 11.9 Å². The summed E-state index contributed by atoms with van der Waals surface area (Å²) in [5, 5.41) is 8.15. The first kappa shape index (κ1) is 13.5. The highest BCUT2D eigenvalue weighted by Gasteiger charge is 2.16. The van der Waals surface area contributed by atoms with E-state index >= 15 is 0 Å². The number of aromatic nitrogens is 4. The van der Waals surface area contributed by atoms with E-state index in [1.807, 2.05) is 36.5 Å². The van der Waals surface area contributed by atoms with Gasteiger partial charge in [-0.15, -0.1) is 0 Å². The second-order valence-corrected chi connectivity index (χ2v) is 4.53. The number of methoxy groups -OCH3 is 1. The normalized spacial score (nSPS) is 12.5. The Morgan fingerprint density at radius 1 is 1.33 bits per heavy atom. The summed E-state index contributed by atoms with van der Waals surface area (Å²) >= 11 is 0. The molecule has 0 aliphatic heterocycles. The van der Waals surface area contributed by atoms with Crippen LogP contribution in [0.4, 0.5) is 0 Å². The Labute approximate surface area is 121 Å². The summed E-state index contributed by atoms with van der Waals surface area (Å²) in [4.78, 5) is 4.27. The van der Waals surface area contributed by atoms with Crippen molar-refractivity contribution in [3.8, 4) is 17.1 Å². The molecule has 0 amide bonds. The molecule has 7 nitrogen and oxygen atoms in total. The third-order valence-corrected chi connectivity index (χ3v) is 2.97. The summed E-state index contributed by atoms with van der Waals surface area (Å²) < 4.78 is 11.9. The summed E-state index contributed by atoms with van der Waals surface area (Å²) in [7, 11) is 1.57. The molecule has 1 atom stereocenters. The molecule has 108 valence electrons. The standard InChI is InChI=1S/C14H15N5O2/c1-20-9-12(15)13-17-14(21-18-13)10-7-16-19(8-10)11-5-3-2-4-6-11/h2-8,12H,9,15H2,1H3. The molecule has 7 heteroatoms. The van der Waals surface area contributed by atoms with Gasteiger partial charge in [-0.25, -0.2) is 4.68 Å². The lowest BCUT2D eigenvalue weighted by atomic mass is 10.3. The molecule has 3 rings (SSSR count). The van der Waals surface area contributed by atoms with Crippen LogP contribution in [0.15, 0.2) is 47.2 Å². The molecule has 0 saturated heterocycles. The van der Waals surface area contributed by atoms with Crippen molar-refractivity contribution in [3.05, 3.63) is 48.5 Å². The zero-order valence-electron chi connectivity index (χ0n) is 11.5. The van der Waals surface area contributed by atoms with Crippen LogP contribution in [0.25, 0.3) is 17.1 Å². The third-order valence-electron chi connectivity index (χ3n) is 2.97. The Morgan fingerprint density at radius 2 is 2.14 bits per heavy atom. The van der Waals surface area contributed by atoms with Crippen molar-refractivity contribution in [3.63, 3.8) is 0 Å². The molecule has 1 unspecified atom stereocenters. The minimum Gasteiger partial charge on any atom is -0.383 e. The van der Waals surface area contributed by atoms with Crippen molar-refractivity contribution in [2.24, 2.45) is 5.73 Å². The van der Waals surface area contributed by atoms with Gasteiger partial charge in [0.1, 0.15) is 0 Å². The Bertz CT molecular complexity index is 707. The average Bonchev–Trinajstić information content (AvgIpc) is 3.17. The topological polar surface area (TPSA) is 92.0 Å². The Kier molecular flexibility index (Phi) is 3.76. The Balaban J connectivity index is 1.84. The molecule has 3 aromatic rings. The molecule has 0 spiro atoms. The number of nitrogens with zero attached hydrogens (tertiary/aromatic N) is 4. The van der Waals surface area contributed by atoms with Crippen LogP contribution in [0.3, 0.4) is 0 Å². The molecule has 0 radical (unpaired) electrons. The molecule has 0 aliphatic rings. The predicted molar refractivity (Wildman–Crippen MR) is 75.7 cm³/mol. The van der Waals surface area contributed by atoms with Gasteiger partial charge in [-0.1, -0.05) is 23.4 Å². The van der Waals surface area contributed by atoms with Crippen LogP contribution in [0, 0.1) is 0 Å². The van der Waals surface area contributed by atoms with Crippen LogP contribution in [0.5, 0.6) is 0 Å². The third kappa shape index (κ3) is 2.83. The maximum atomic E-state index is 5.86. The summed E-state index contributed by atoms with van der Waals surface area (Å²) in [6.07, 6.45) is 3.50. The lowest BCUT2D eigenvalue weighted by Gasteiger charge is -2.02. The smallest absolute Gasteiger partial charge is 0.261 e. The van der Waals surface area contributed by atoms with Crippen molar-refractivity contribution >= 4 is 0 Å². The fourth-order valence-electron chi connectivity index (χ4n) is 1.91. The van der Waals surface area contributed by atoms with Crippen LogP contribution in [-0.2, 0) is 4.74 Å². The van der Waals surface area contributed by atoms with E-state index in [-0.39, 0.29) is 0 Å². The van der Waals surface area contributed by atoms with E-state index in [0.29, 0.717) is 18.3 Å². The van der Waals surface area contributed by atoms with E-state index in [4.69, 9.17) is 15.0 Å². The summed E-state index contributed by atoms with van der Waals surface area (Å²) in [5.74, 6) is 0.804. The minimum absolute atomic E-state index is 0.336. The number of hydrogen-bond donors (Lipinski definition) is 1. The van der Waals surface area contributed by atoms with Gasteiger partial charge in [0.15, 0.2) is 5.82 Å². The van der Waals surface area contributed by atoms with E-state index in [1.165, 1.54) is 0 Å². The molecular weight excluding hydrogens is 270 g/mol. The first-order valence-electron chi connectivity index (χ1n) is 6.46. The number of para-hydroxylation sites is 1. The summed E-state index contributed by atoms with van der Waals surface area (Å²) in [6.45, 7) is 0.336. The highest BCUT2D eigenvalue weighted by Crippen LogP contribution is 2.19. The zero-order valence-corrected chi connectivity index (χ0v) is 11.5. The van der Waals surface area contributed by atoms with Gasteiger partial charge in [-0.3, -0.25) is 0 Å². The lowest BCUT2D eigenvalue weighted by molar-refractivity contribution is 0.177. The number of nitrogens with two attached hydrogens (primary N) is 1. The van der Waals surface area contributed by atoms with Crippen LogP contribution in [0.2, 0.25) is 0 Å². The first-order valence-corrected chi connectivity index (χ1v) is 6.46. The van der Waals surface area contributed by atoms with Gasteiger partial charge in [0, 0.05) is 13.3 Å². The van der Waals surface area contributed by atoms with Crippen molar-refractivity contribution in [1.29, 1.82) is 0 Å². The molecule has 0 fully saturated rings. The van der Waals surface area contributed by atoms with E-state index in [1.54, 1.807) is 18.0 Å². The maximum Gasteiger partial charge on any atom is 0.261 e. The summed E-state index contributed by atoms with van der Waals surface area (Å²) in [6, 6.07) is 9.37. The highest BCUT2D eigenvalue weighted by molar-refractivity contribution is 5.51. The molecule has 0 saturated carbocycles. The molecule has 0 bridgehead atoms. The minimum atomic E-state index is -0.406. The number of hydrogen-bond acceptors (Lipinski definition) is 6. The van der Waals surface area contributed by atoms with E-state index < -0.39 is 6.04 Å². The average molecular weight is 285 g/mol.